The molecule has 0 saturated carbocycles. The molecule has 0 aliphatic carbocycles. The van der Waals surface area contributed by atoms with E-state index in [0.29, 0.717) is 6.07 Å². The first-order valence-electron chi connectivity index (χ1n) is 5.63. The second kappa shape index (κ2) is 5.82. The Bertz CT molecular complexity index is 701. The highest BCUT2D eigenvalue weighted by atomic mass is 19.2. The van der Waals surface area contributed by atoms with Gasteiger partial charge in [0.15, 0.2) is 17.4 Å². The largest absolute Gasteiger partial charge is 0.491 e. The van der Waals surface area contributed by atoms with Gasteiger partial charge < -0.3 is 9.47 Å². The summed E-state index contributed by atoms with van der Waals surface area (Å²) in [4.78, 5) is 11.7. The van der Waals surface area contributed by atoms with Crippen molar-refractivity contribution in [1.29, 1.82) is 0 Å². The predicted molar refractivity (Wildman–Crippen MR) is 64.2 cm³/mol. The molecule has 0 radical (unpaired) electrons. The van der Waals surface area contributed by atoms with Crippen LogP contribution in [0.15, 0.2) is 30.3 Å². The fourth-order valence-electron chi connectivity index (χ4n) is 1.60. The van der Waals surface area contributed by atoms with Gasteiger partial charge in [-0.15, -0.1) is 0 Å². The molecule has 7 heteroatoms. The Hall–Kier alpha value is -2.57. The van der Waals surface area contributed by atoms with Gasteiger partial charge >= 0.3 is 5.97 Å². The summed E-state index contributed by atoms with van der Waals surface area (Å²) in [6, 6.07) is 4.84. The lowest BCUT2D eigenvalue weighted by Crippen LogP contribution is -2.13. The van der Waals surface area contributed by atoms with Crippen molar-refractivity contribution in [2.24, 2.45) is 0 Å². The molecule has 0 heterocycles. The van der Waals surface area contributed by atoms with Gasteiger partial charge in [-0.2, -0.15) is 4.39 Å². The molecule has 2 rings (SSSR count). The first kappa shape index (κ1) is 14.8. The second-order valence-corrected chi connectivity index (χ2v) is 3.91. The number of ether oxygens (including phenoxy) is 2. The SMILES string of the molecule is COc1c(F)c(F)cc(C(=O)Oc2cccc(F)c2)c1F. The molecule has 0 atom stereocenters. The number of hydrogen-bond acceptors (Lipinski definition) is 3. The lowest BCUT2D eigenvalue weighted by Gasteiger charge is -2.09. The maximum Gasteiger partial charge on any atom is 0.346 e. The summed E-state index contributed by atoms with van der Waals surface area (Å²) < 4.78 is 62.4. The van der Waals surface area contributed by atoms with Gasteiger partial charge in [0, 0.05) is 6.07 Å². The van der Waals surface area contributed by atoms with E-state index in [4.69, 9.17) is 4.74 Å². The highest BCUT2D eigenvalue weighted by molar-refractivity contribution is 5.92. The molecule has 0 aromatic heterocycles. The van der Waals surface area contributed by atoms with Crippen LogP contribution >= 0.6 is 0 Å². The van der Waals surface area contributed by atoms with Crippen molar-refractivity contribution in [3.05, 3.63) is 59.2 Å². The molecule has 3 nitrogen and oxygen atoms in total. The minimum atomic E-state index is -1.56. The Balaban J connectivity index is 2.38. The quantitative estimate of drug-likeness (QED) is 0.377. The topological polar surface area (TPSA) is 35.5 Å². The van der Waals surface area contributed by atoms with Crippen LogP contribution in [0.25, 0.3) is 0 Å². The summed E-state index contributed by atoms with van der Waals surface area (Å²) in [5, 5.41) is 0. The zero-order valence-electron chi connectivity index (χ0n) is 10.6. The van der Waals surface area contributed by atoms with Crippen molar-refractivity contribution < 1.29 is 31.8 Å². The lowest BCUT2D eigenvalue weighted by molar-refractivity contribution is 0.0727. The Labute approximate surface area is 116 Å². The standard InChI is InChI=1S/C14H8F4O3/c1-20-13-11(17)9(6-10(16)12(13)18)14(19)21-8-4-2-3-7(15)5-8/h2-6H,1H3. The summed E-state index contributed by atoms with van der Waals surface area (Å²) in [5.41, 5.74) is -0.866. The molecular formula is C14H8F4O3. The van der Waals surface area contributed by atoms with Crippen LogP contribution in [-0.2, 0) is 0 Å². The number of rotatable bonds is 3. The maximum atomic E-state index is 13.8. The summed E-state index contributed by atoms with van der Waals surface area (Å²) in [5.74, 6) is -7.67. The third kappa shape index (κ3) is 2.96. The molecule has 0 saturated heterocycles. The number of benzene rings is 2. The molecule has 110 valence electrons. The zero-order chi connectivity index (χ0) is 15.6. The molecule has 0 fully saturated rings. The second-order valence-electron chi connectivity index (χ2n) is 3.91. The fourth-order valence-corrected chi connectivity index (χ4v) is 1.60. The van der Waals surface area contributed by atoms with Crippen LogP contribution in [0, 0.1) is 23.3 Å². The van der Waals surface area contributed by atoms with Gasteiger partial charge in [0.05, 0.1) is 7.11 Å². The molecule has 0 unspecified atom stereocenters. The van der Waals surface area contributed by atoms with E-state index in [1.165, 1.54) is 12.1 Å². The van der Waals surface area contributed by atoms with Gasteiger partial charge in [0.25, 0.3) is 0 Å². The van der Waals surface area contributed by atoms with Gasteiger partial charge in [-0.25, -0.2) is 18.0 Å². The van der Waals surface area contributed by atoms with Crippen LogP contribution < -0.4 is 9.47 Å². The van der Waals surface area contributed by atoms with Crippen molar-refractivity contribution in [1.82, 2.24) is 0 Å². The van der Waals surface area contributed by atoms with E-state index in [2.05, 4.69) is 4.74 Å². The minimum absolute atomic E-state index is 0.205. The Morgan fingerprint density at radius 3 is 2.38 bits per heavy atom. The summed E-state index contributed by atoms with van der Waals surface area (Å²) in [6.45, 7) is 0. The van der Waals surface area contributed by atoms with E-state index < -0.39 is 40.6 Å². The van der Waals surface area contributed by atoms with Crippen molar-refractivity contribution >= 4 is 5.97 Å². The number of hydrogen-bond donors (Lipinski definition) is 0. The average Bonchev–Trinajstić information content (AvgIpc) is 2.43. The predicted octanol–water partition coefficient (Wildman–Crippen LogP) is 3.47. The maximum absolute atomic E-state index is 13.8. The van der Waals surface area contributed by atoms with E-state index in [0.717, 1.165) is 19.2 Å². The Morgan fingerprint density at radius 2 is 1.76 bits per heavy atom. The molecule has 0 amide bonds. The van der Waals surface area contributed by atoms with Crippen LogP contribution in [0.5, 0.6) is 11.5 Å². The first-order chi connectivity index (χ1) is 9.93. The van der Waals surface area contributed by atoms with Gasteiger partial charge in [-0.05, 0) is 18.2 Å². The summed E-state index contributed by atoms with van der Waals surface area (Å²) >= 11 is 0. The van der Waals surface area contributed by atoms with E-state index in [-0.39, 0.29) is 5.75 Å². The summed E-state index contributed by atoms with van der Waals surface area (Å²) in [6.07, 6.45) is 0. The summed E-state index contributed by atoms with van der Waals surface area (Å²) in [7, 11) is 0.919. The molecule has 0 spiro atoms. The Morgan fingerprint density at radius 1 is 1.05 bits per heavy atom. The molecule has 2 aromatic rings. The van der Waals surface area contributed by atoms with E-state index in [1.807, 2.05) is 0 Å². The van der Waals surface area contributed by atoms with E-state index >= 15 is 0 Å². The molecule has 21 heavy (non-hydrogen) atoms. The van der Waals surface area contributed by atoms with Crippen molar-refractivity contribution in [2.75, 3.05) is 7.11 Å². The fraction of sp³-hybridized carbons (Fsp3) is 0.0714. The normalized spacial score (nSPS) is 10.3. The average molecular weight is 300 g/mol. The van der Waals surface area contributed by atoms with E-state index in [9.17, 15) is 22.4 Å². The monoisotopic (exact) mass is 300 g/mol. The van der Waals surface area contributed by atoms with Crippen LogP contribution in [0.3, 0.4) is 0 Å². The third-order valence-corrected chi connectivity index (χ3v) is 2.55. The van der Waals surface area contributed by atoms with Gasteiger partial charge in [0.1, 0.15) is 17.1 Å². The number of esters is 1. The van der Waals surface area contributed by atoms with Crippen LogP contribution in [0.1, 0.15) is 10.4 Å². The third-order valence-electron chi connectivity index (χ3n) is 2.55. The number of halogens is 4. The van der Waals surface area contributed by atoms with Gasteiger partial charge in [-0.3, -0.25) is 0 Å². The Kier molecular flexibility index (Phi) is 4.11. The van der Waals surface area contributed by atoms with Crippen molar-refractivity contribution in [3.63, 3.8) is 0 Å². The number of carbonyl (C=O) groups is 1. The van der Waals surface area contributed by atoms with Crippen LogP contribution in [0.2, 0.25) is 0 Å². The lowest BCUT2D eigenvalue weighted by atomic mass is 10.2. The van der Waals surface area contributed by atoms with Crippen LogP contribution in [-0.4, -0.2) is 13.1 Å². The highest BCUT2D eigenvalue weighted by Crippen LogP contribution is 2.27. The smallest absolute Gasteiger partial charge is 0.346 e. The molecule has 2 aromatic carbocycles. The van der Waals surface area contributed by atoms with Crippen molar-refractivity contribution in [2.45, 2.75) is 0 Å². The molecule has 0 bridgehead atoms. The van der Waals surface area contributed by atoms with E-state index in [1.54, 1.807) is 0 Å². The van der Waals surface area contributed by atoms with Gasteiger partial charge in [-0.1, -0.05) is 6.07 Å². The first-order valence-corrected chi connectivity index (χ1v) is 5.63. The van der Waals surface area contributed by atoms with Gasteiger partial charge in [0.2, 0.25) is 5.82 Å². The number of methoxy groups -OCH3 is 1. The minimum Gasteiger partial charge on any atom is -0.491 e. The number of carbonyl (C=O) groups excluding carboxylic acids is 1. The molecule has 0 N–H and O–H groups in total. The molecular weight excluding hydrogens is 292 g/mol. The van der Waals surface area contributed by atoms with Crippen LogP contribution in [0.4, 0.5) is 17.6 Å². The molecule has 0 aliphatic rings. The van der Waals surface area contributed by atoms with Crippen molar-refractivity contribution in [3.8, 4) is 11.5 Å². The highest BCUT2D eigenvalue weighted by Gasteiger charge is 2.24. The molecule has 0 aliphatic heterocycles. The zero-order valence-corrected chi connectivity index (χ0v) is 10.6.